The Morgan fingerprint density at radius 3 is 2.61 bits per heavy atom. The van der Waals surface area contributed by atoms with Crippen LogP contribution in [0.5, 0.6) is 0 Å². The highest BCUT2D eigenvalue weighted by molar-refractivity contribution is 5.82. The van der Waals surface area contributed by atoms with Crippen LogP contribution in [0.2, 0.25) is 0 Å². The quantitative estimate of drug-likeness (QED) is 0.801. The molecular formula is C16H20N2. The Balaban J connectivity index is 0.000000149. The summed E-state index contributed by atoms with van der Waals surface area (Å²) >= 11 is 0. The number of nitrogens with zero attached hydrogens (tertiary/aromatic N) is 1. The molecular weight excluding hydrogens is 220 g/mol. The van der Waals surface area contributed by atoms with E-state index in [0.29, 0.717) is 0 Å². The number of H-pyrrole nitrogens is 1. The SMILES string of the molecule is CCC1=CCC=N1.CCc1c[nH]c2ccccc12. The third-order valence-corrected chi connectivity index (χ3v) is 3.13. The summed E-state index contributed by atoms with van der Waals surface area (Å²) in [6, 6.07) is 8.40. The van der Waals surface area contributed by atoms with Crippen molar-refractivity contribution in [3.63, 3.8) is 0 Å². The summed E-state index contributed by atoms with van der Waals surface area (Å²) in [4.78, 5) is 7.33. The summed E-state index contributed by atoms with van der Waals surface area (Å²) in [7, 11) is 0. The predicted octanol–water partition coefficient (Wildman–Crippen LogP) is 4.49. The molecule has 2 heterocycles. The highest BCUT2D eigenvalue weighted by Crippen LogP contribution is 2.17. The number of hydrogen-bond donors (Lipinski definition) is 1. The molecule has 0 amide bonds. The van der Waals surface area contributed by atoms with Gasteiger partial charge in [0.15, 0.2) is 0 Å². The predicted molar refractivity (Wildman–Crippen MR) is 79.2 cm³/mol. The van der Waals surface area contributed by atoms with Crippen molar-refractivity contribution in [1.29, 1.82) is 0 Å². The Hall–Kier alpha value is -1.83. The van der Waals surface area contributed by atoms with E-state index in [0.717, 1.165) is 19.3 Å². The molecule has 1 aliphatic rings. The van der Waals surface area contributed by atoms with Crippen molar-refractivity contribution in [2.24, 2.45) is 4.99 Å². The third kappa shape index (κ3) is 2.89. The van der Waals surface area contributed by atoms with Gasteiger partial charge in [-0.25, -0.2) is 0 Å². The molecule has 0 atom stereocenters. The lowest BCUT2D eigenvalue weighted by Crippen LogP contribution is -1.72. The average molecular weight is 240 g/mol. The molecule has 2 heteroatoms. The summed E-state index contributed by atoms with van der Waals surface area (Å²) in [6.45, 7) is 4.30. The monoisotopic (exact) mass is 240 g/mol. The van der Waals surface area contributed by atoms with Gasteiger partial charge < -0.3 is 4.98 Å². The molecule has 0 spiro atoms. The van der Waals surface area contributed by atoms with Crippen LogP contribution < -0.4 is 0 Å². The molecule has 1 aromatic carbocycles. The number of allylic oxidation sites excluding steroid dienone is 2. The molecule has 3 rings (SSSR count). The first-order chi connectivity index (χ1) is 8.85. The molecule has 94 valence electrons. The van der Waals surface area contributed by atoms with Crippen molar-refractivity contribution in [3.05, 3.63) is 47.8 Å². The van der Waals surface area contributed by atoms with Crippen LogP contribution in [0.15, 0.2) is 47.2 Å². The number of para-hydroxylation sites is 1. The van der Waals surface area contributed by atoms with Gasteiger partial charge in [0.05, 0.1) is 0 Å². The molecule has 2 aromatic rings. The first kappa shape index (κ1) is 12.6. The van der Waals surface area contributed by atoms with E-state index in [1.54, 1.807) is 0 Å². The Morgan fingerprint density at radius 2 is 2.00 bits per heavy atom. The number of aromatic nitrogens is 1. The molecule has 0 radical (unpaired) electrons. The van der Waals surface area contributed by atoms with E-state index >= 15 is 0 Å². The minimum Gasteiger partial charge on any atom is -0.361 e. The van der Waals surface area contributed by atoms with Crippen LogP contribution in [-0.4, -0.2) is 11.2 Å². The van der Waals surface area contributed by atoms with E-state index in [1.807, 2.05) is 6.21 Å². The maximum atomic E-state index is 4.09. The molecule has 0 bridgehead atoms. The van der Waals surface area contributed by atoms with Gasteiger partial charge in [0, 0.05) is 35.4 Å². The van der Waals surface area contributed by atoms with Crippen molar-refractivity contribution >= 4 is 17.1 Å². The standard InChI is InChI=1S/C10H11N.C6H9N/c1-2-8-7-11-10-6-4-3-5-9(8)10;1-2-6-4-3-5-7-6/h3-7,11H,2H2,1H3;4-5H,2-3H2,1H3. The van der Waals surface area contributed by atoms with Crippen LogP contribution >= 0.6 is 0 Å². The smallest absolute Gasteiger partial charge is 0.0456 e. The summed E-state index contributed by atoms with van der Waals surface area (Å²) in [5.74, 6) is 0. The largest absolute Gasteiger partial charge is 0.361 e. The Kier molecular flexibility index (Phi) is 4.35. The minimum absolute atomic E-state index is 1.04. The highest BCUT2D eigenvalue weighted by Gasteiger charge is 1.98. The van der Waals surface area contributed by atoms with Gasteiger partial charge >= 0.3 is 0 Å². The van der Waals surface area contributed by atoms with Crippen molar-refractivity contribution in [2.75, 3.05) is 0 Å². The lowest BCUT2D eigenvalue weighted by Gasteiger charge is -1.90. The number of nitrogens with one attached hydrogen (secondary N) is 1. The van der Waals surface area contributed by atoms with Gasteiger partial charge in [-0.1, -0.05) is 38.1 Å². The molecule has 18 heavy (non-hydrogen) atoms. The van der Waals surface area contributed by atoms with Crippen LogP contribution in [0.1, 0.15) is 32.3 Å². The number of hydrogen-bond acceptors (Lipinski definition) is 1. The van der Waals surface area contributed by atoms with Gasteiger partial charge in [0.2, 0.25) is 0 Å². The number of benzene rings is 1. The Labute approximate surface area is 108 Å². The summed E-state index contributed by atoms with van der Waals surface area (Å²) < 4.78 is 0. The molecule has 0 saturated heterocycles. The Bertz CT molecular complexity index is 561. The van der Waals surface area contributed by atoms with Crippen LogP contribution in [-0.2, 0) is 6.42 Å². The maximum absolute atomic E-state index is 4.09. The van der Waals surface area contributed by atoms with Crippen molar-refractivity contribution in [2.45, 2.75) is 33.1 Å². The number of aliphatic imine (C=N–C) groups is 1. The molecule has 0 fully saturated rings. The molecule has 0 saturated carbocycles. The second-order valence-corrected chi connectivity index (χ2v) is 4.31. The number of rotatable bonds is 2. The lowest BCUT2D eigenvalue weighted by atomic mass is 10.1. The zero-order valence-corrected chi connectivity index (χ0v) is 11.1. The third-order valence-electron chi connectivity index (χ3n) is 3.13. The lowest BCUT2D eigenvalue weighted by molar-refractivity contribution is 1.08. The number of aromatic amines is 1. The van der Waals surface area contributed by atoms with E-state index < -0.39 is 0 Å². The van der Waals surface area contributed by atoms with E-state index in [2.05, 4.69) is 60.4 Å². The van der Waals surface area contributed by atoms with Crippen molar-refractivity contribution < 1.29 is 0 Å². The summed E-state index contributed by atoms with van der Waals surface area (Å²) in [5, 5.41) is 1.36. The van der Waals surface area contributed by atoms with Crippen LogP contribution in [0.4, 0.5) is 0 Å². The van der Waals surface area contributed by atoms with E-state index in [9.17, 15) is 0 Å². The van der Waals surface area contributed by atoms with Crippen LogP contribution in [0, 0.1) is 0 Å². The topological polar surface area (TPSA) is 28.1 Å². The van der Waals surface area contributed by atoms with Gasteiger partial charge in [-0.3, -0.25) is 4.99 Å². The highest BCUT2D eigenvalue weighted by atomic mass is 14.7. The van der Waals surface area contributed by atoms with E-state index in [-0.39, 0.29) is 0 Å². The summed E-state index contributed by atoms with van der Waals surface area (Å²) in [5.41, 5.74) is 3.88. The fourth-order valence-corrected chi connectivity index (χ4v) is 2.07. The maximum Gasteiger partial charge on any atom is 0.0456 e. The first-order valence-electron chi connectivity index (χ1n) is 6.61. The minimum atomic E-state index is 1.04. The second kappa shape index (κ2) is 6.20. The van der Waals surface area contributed by atoms with Crippen LogP contribution in [0.25, 0.3) is 10.9 Å². The van der Waals surface area contributed by atoms with Crippen molar-refractivity contribution in [1.82, 2.24) is 4.98 Å². The number of aryl methyl sites for hydroxylation is 1. The zero-order chi connectivity index (χ0) is 12.8. The van der Waals surface area contributed by atoms with E-state index in [1.165, 1.54) is 22.2 Å². The average Bonchev–Trinajstić information content (AvgIpc) is 3.08. The fourth-order valence-electron chi connectivity index (χ4n) is 2.07. The molecule has 1 aliphatic heterocycles. The second-order valence-electron chi connectivity index (χ2n) is 4.31. The first-order valence-corrected chi connectivity index (χ1v) is 6.61. The van der Waals surface area contributed by atoms with Crippen molar-refractivity contribution in [3.8, 4) is 0 Å². The molecule has 0 aliphatic carbocycles. The van der Waals surface area contributed by atoms with E-state index in [4.69, 9.17) is 0 Å². The Morgan fingerprint density at radius 1 is 1.17 bits per heavy atom. The molecule has 1 aromatic heterocycles. The van der Waals surface area contributed by atoms with Gasteiger partial charge in [0.25, 0.3) is 0 Å². The molecule has 1 N–H and O–H groups in total. The van der Waals surface area contributed by atoms with Gasteiger partial charge in [-0.15, -0.1) is 0 Å². The van der Waals surface area contributed by atoms with Gasteiger partial charge in [0.1, 0.15) is 0 Å². The summed E-state index contributed by atoms with van der Waals surface area (Å²) in [6.07, 6.45) is 9.41. The molecule has 2 nitrogen and oxygen atoms in total. The normalized spacial score (nSPS) is 13.3. The van der Waals surface area contributed by atoms with Gasteiger partial charge in [-0.05, 0) is 24.5 Å². The fraction of sp³-hybridized carbons (Fsp3) is 0.312. The van der Waals surface area contributed by atoms with Crippen LogP contribution in [0.3, 0.4) is 0 Å². The zero-order valence-electron chi connectivity index (χ0n) is 11.1. The number of fused-ring (bicyclic) bond motifs is 1. The molecule has 0 unspecified atom stereocenters. The van der Waals surface area contributed by atoms with Gasteiger partial charge in [-0.2, -0.15) is 0 Å².